The van der Waals surface area contributed by atoms with E-state index in [-0.39, 0.29) is 5.82 Å². The van der Waals surface area contributed by atoms with Gasteiger partial charge in [-0.15, -0.1) is 0 Å². The molecule has 0 saturated heterocycles. The molecule has 3 aromatic rings. The van der Waals surface area contributed by atoms with Crippen molar-refractivity contribution < 1.29 is 13.7 Å². The van der Waals surface area contributed by atoms with Crippen LogP contribution in [0.5, 0.6) is 5.75 Å². The zero-order valence-electron chi connectivity index (χ0n) is 12.8. The van der Waals surface area contributed by atoms with Gasteiger partial charge in [0.2, 0.25) is 0 Å². The summed E-state index contributed by atoms with van der Waals surface area (Å²) in [5, 5.41) is 6.80. The maximum Gasteiger partial charge on any atom is 0.184 e. The Morgan fingerprint density at radius 1 is 1.29 bits per heavy atom. The van der Waals surface area contributed by atoms with Crippen molar-refractivity contribution >= 4 is 34.1 Å². The summed E-state index contributed by atoms with van der Waals surface area (Å²) in [6, 6.07) is 8.96. The van der Waals surface area contributed by atoms with E-state index in [1.807, 2.05) is 13.0 Å². The van der Waals surface area contributed by atoms with Crippen molar-refractivity contribution in [2.75, 3.05) is 5.32 Å². The molecule has 0 unspecified atom stereocenters. The summed E-state index contributed by atoms with van der Waals surface area (Å²) in [7, 11) is 0. The minimum absolute atomic E-state index is 0.156. The van der Waals surface area contributed by atoms with Crippen molar-refractivity contribution in [3.05, 3.63) is 59.6 Å². The van der Waals surface area contributed by atoms with Gasteiger partial charge in [0, 0.05) is 11.8 Å². The van der Waals surface area contributed by atoms with Crippen molar-refractivity contribution in [1.82, 2.24) is 15.1 Å². The van der Waals surface area contributed by atoms with E-state index in [2.05, 4.69) is 43.0 Å². The van der Waals surface area contributed by atoms with Gasteiger partial charge in [0.1, 0.15) is 29.6 Å². The SMILES string of the molecule is Cc1cc(COc2ccc(Nc3nc(CI)ncc3F)cc2)no1. The predicted octanol–water partition coefficient (Wildman–Crippen LogP) is 4.17. The molecule has 0 bridgehead atoms. The molecular weight excluding hydrogens is 426 g/mol. The summed E-state index contributed by atoms with van der Waals surface area (Å²) in [5.41, 5.74) is 1.43. The highest BCUT2D eigenvalue weighted by molar-refractivity contribution is 14.1. The first-order valence-corrected chi connectivity index (χ1v) is 8.66. The third-order valence-electron chi connectivity index (χ3n) is 3.09. The Morgan fingerprint density at radius 2 is 2.08 bits per heavy atom. The lowest BCUT2D eigenvalue weighted by molar-refractivity contribution is 0.288. The van der Waals surface area contributed by atoms with Crippen LogP contribution in [0, 0.1) is 12.7 Å². The van der Waals surface area contributed by atoms with E-state index >= 15 is 0 Å². The lowest BCUT2D eigenvalue weighted by atomic mass is 10.3. The Balaban J connectivity index is 1.64. The molecule has 0 saturated carbocycles. The second-order valence-corrected chi connectivity index (χ2v) is 5.75. The van der Waals surface area contributed by atoms with E-state index < -0.39 is 5.82 Å². The van der Waals surface area contributed by atoms with Crippen molar-refractivity contribution in [3.63, 3.8) is 0 Å². The lowest BCUT2D eigenvalue weighted by Gasteiger charge is -2.09. The van der Waals surface area contributed by atoms with Gasteiger partial charge in [-0.3, -0.25) is 0 Å². The Hall–Kier alpha value is -2.23. The summed E-state index contributed by atoms with van der Waals surface area (Å²) < 4.78 is 25.0. The van der Waals surface area contributed by atoms with Gasteiger partial charge >= 0.3 is 0 Å². The highest BCUT2D eigenvalue weighted by Gasteiger charge is 2.07. The van der Waals surface area contributed by atoms with Gasteiger partial charge < -0.3 is 14.6 Å². The number of hydrogen-bond donors (Lipinski definition) is 1. The number of nitrogens with zero attached hydrogens (tertiary/aromatic N) is 3. The first-order valence-electron chi connectivity index (χ1n) is 7.13. The molecule has 1 N–H and O–H groups in total. The third kappa shape index (κ3) is 4.19. The molecule has 8 heteroatoms. The monoisotopic (exact) mass is 440 g/mol. The molecule has 0 aliphatic rings. The number of halogens is 2. The quantitative estimate of drug-likeness (QED) is 0.458. The number of aryl methyl sites for hydroxylation is 1. The van der Waals surface area contributed by atoms with E-state index in [0.29, 0.717) is 28.3 Å². The van der Waals surface area contributed by atoms with Crippen LogP contribution in [0.1, 0.15) is 17.3 Å². The van der Waals surface area contributed by atoms with Gasteiger partial charge in [-0.05, 0) is 31.2 Å². The van der Waals surface area contributed by atoms with Crippen molar-refractivity contribution in [1.29, 1.82) is 0 Å². The number of aromatic nitrogens is 3. The van der Waals surface area contributed by atoms with E-state index in [0.717, 1.165) is 11.5 Å². The molecule has 0 aliphatic carbocycles. The van der Waals surface area contributed by atoms with Crippen LogP contribution in [0.3, 0.4) is 0 Å². The van der Waals surface area contributed by atoms with Crippen LogP contribution in [-0.4, -0.2) is 15.1 Å². The molecule has 124 valence electrons. The summed E-state index contributed by atoms with van der Waals surface area (Å²) in [6.45, 7) is 2.15. The predicted molar refractivity (Wildman–Crippen MR) is 95.0 cm³/mol. The summed E-state index contributed by atoms with van der Waals surface area (Å²) in [5.74, 6) is 1.65. The fraction of sp³-hybridized carbons (Fsp3) is 0.188. The number of hydrogen-bond acceptors (Lipinski definition) is 6. The highest BCUT2D eigenvalue weighted by atomic mass is 127. The second-order valence-electron chi connectivity index (χ2n) is 4.98. The first kappa shape index (κ1) is 16.6. The Morgan fingerprint density at radius 3 is 2.75 bits per heavy atom. The van der Waals surface area contributed by atoms with Crippen LogP contribution in [-0.2, 0) is 11.0 Å². The van der Waals surface area contributed by atoms with Crippen LogP contribution in [0.2, 0.25) is 0 Å². The Labute approximate surface area is 151 Å². The fourth-order valence-corrected chi connectivity index (χ4v) is 2.34. The number of alkyl halides is 1. The lowest BCUT2D eigenvalue weighted by Crippen LogP contribution is -2.02. The van der Waals surface area contributed by atoms with Gasteiger partial charge in [-0.25, -0.2) is 14.4 Å². The smallest absolute Gasteiger partial charge is 0.184 e. The third-order valence-corrected chi connectivity index (χ3v) is 3.78. The minimum Gasteiger partial charge on any atom is -0.487 e. The van der Waals surface area contributed by atoms with Crippen LogP contribution in [0.4, 0.5) is 15.9 Å². The van der Waals surface area contributed by atoms with Crippen LogP contribution < -0.4 is 10.1 Å². The number of ether oxygens (including phenoxy) is 1. The van der Waals surface area contributed by atoms with Crippen LogP contribution in [0.25, 0.3) is 0 Å². The summed E-state index contributed by atoms with van der Waals surface area (Å²) in [6.07, 6.45) is 1.17. The average Bonchev–Trinajstić information content (AvgIpc) is 3.01. The topological polar surface area (TPSA) is 73.1 Å². The molecule has 2 aromatic heterocycles. The van der Waals surface area contributed by atoms with Crippen molar-refractivity contribution in [2.45, 2.75) is 18.0 Å². The molecule has 2 heterocycles. The largest absolute Gasteiger partial charge is 0.487 e. The van der Waals surface area contributed by atoms with Gasteiger partial charge in [0.25, 0.3) is 0 Å². The van der Waals surface area contributed by atoms with Crippen molar-refractivity contribution in [3.8, 4) is 5.75 Å². The molecule has 1 aromatic carbocycles. The molecule has 0 spiro atoms. The summed E-state index contributed by atoms with van der Waals surface area (Å²) >= 11 is 2.13. The molecule has 24 heavy (non-hydrogen) atoms. The zero-order valence-corrected chi connectivity index (χ0v) is 14.9. The van der Waals surface area contributed by atoms with Gasteiger partial charge in [-0.2, -0.15) is 0 Å². The van der Waals surface area contributed by atoms with Gasteiger partial charge in [0.15, 0.2) is 11.6 Å². The highest BCUT2D eigenvalue weighted by Crippen LogP contribution is 2.21. The van der Waals surface area contributed by atoms with Gasteiger partial charge in [-0.1, -0.05) is 27.7 Å². The molecule has 0 fully saturated rings. The maximum atomic E-state index is 13.8. The number of rotatable bonds is 6. The Bertz CT molecular complexity index is 823. The molecule has 0 aliphatic heterocycles. The number of anilines is 2. The standard InChI is InChI=1S/C16H14FIN4O2/c1-10-6-12(22-24-10)9-23-13-4-2-11(3-5-13)20-16-14(17)8-19-15(7-18)21-16/h2-6,8H,7,9H2,1H3,(H,19,20,21). The molecule has 6 nitrogen and oxygen atoms in total. The number of benzene rings is 1. The normalized spacial score (nSPS) is 10.6. The molecule has 3 rings (SSSR count). The number of nitrogens with one attached hydrogen (secondary N) is 1. The van der Waals surface area contributed by atoms with E-state index in [9.17, 15) is 4.39 Å². The zero-order chi connectivity index (χ0) is 16.9. The summed E-state index contributed by atoms with van der Waals surface area (Å²) in [4.78, 5) is 8.03. The maximum absolute atomic E-state index is 13.8. The van der Waals surface area contributed by atoms with Crippen LogP contribution >= 0.6 is 22.6 Å². The fourth-order valence-electron chi connectivity index (χ4n) is 1.97. The first-order chi connectivity index (χ1) is 11.6. The van der Waals surface area contributed by atoms with Crippen molar-refractivity contribution in [2.24, 2.45) is 0 Å². The van der Waals surface area contributed by atoms with Crippen LogP contribution in [0.15, 0.2) is 41.1 Å². The van der Waals surface area contributed by atoms with E-state index in [1.54, 1.807) is 24.3 Å². The van der Waals surface area contributed by atoms with E-state index in [4.69, 9.17) is 9.26 Å². The average molecular weight is 440 g/mol. The molecular formula is C16H14FIN4O2. The molecule has 0 atom stereocenters. The van der Waals surface area contributed by atoms with Gasteiger partial charge in [0.05, 0.1) is 10.6 Å². The minimum atomic E-state index is -0.495. The molecule has 0 radical (unpaired) electrons. The molecule has 0 amide bonds. The van der Waals surface area contributed by atoms with E-state index in [1.165, 1.54) is 6.20 Å². The Kier molecular flexibility index (Phi) is 5.24. The second kappa shape index (κ2) is 7.56.